The van der Waals surface area contributed by atoms with E-state index in [2.05, 4.69) is 55.3 Å². The van der Waals surface area contributed by atoms with Crippen molar-refractivity contribution in [2.75, 3.05) is 24.5 Å². The molecule has 1 N–H and O–H groups in total. The smallest absolute Gasteiger partial charge is 0.0398 e. The van der Waals surface area contributed by atoms with Crippen molar-refractivity contribution < 1.29 is 0 Å². The van der Waals surface area contributed by atoms with Crippen LogP contribution in [0.1, 0.15) is 45.6 Å². The van der Waals surface area contributed by atoms with Crippen LogP contribution < -0.4 is 10.2 Å². The molecule has 0 radical (unpaired) electrons. The summed E-state index contributed by atoms with van der Waals surface area (Å²) < 4.78 is 0. The summed E-state index contributed by atoms with van der Waals surface area (Å²) in [7, 11) is 0. The standard InChI is InChI=1S/C18H30N2/c1-4-19-16(3)9-7-8-12-20-14-15(2)13-17-10-5-6-11-18(17)20/h5-6,10-11,15-16,19H,4,7-9,12-14H2,1-3H3. The van der Waals surface area contributed by atoms with Crippen LogP contribution in [-0.4, -0.2) is 25.7 Å². The number of hydrogen-bond donors (Lipinski definition) is 1. The predicted molar refractivity (Wildman–Crippen MR) is 88.5 cm³/mol. The Bertz CT molecular complexity index is 402. The minimum atomic E-state index is 0.660. The summed E-state index contributed by atoms with van der Waals surface area (Å²) >= 11 is 0. The van der Waals surface area contributed by atoms with E-state index in [-0.39, 0.29) is 0 Å². The Kier molecular flexibility index (Phi) is 5.90. The summed E-state index contributed by atoms with van der Waals surface area (Å²) in [5.74, 6) is 0.783. The first-order chi connectivity index (χ1) is 9.70. The van der Waals surface area contributed by atoms with Crippen LogP contribution in [-0.2, 0) is 6.42 Å². The van der Waals surface area contributed by atoms with Gasteiger partial charge in [0.1, 0.15) is 0 Å². The lowest BCUT2D eigenvalue weighted by Crippen LogP contribution is -2.35. The van der Waals surface area contributed by atoms with Crippen molar-refractivity contribution in [3.63, 3.8) is 0 Å². The maximum Gasteiger partial charge on any atom is 0.0398 e. The summed E-state index contributed by atoms with van der Waals surface area (Å²) in [5, 5.41) is 3.49. The van der Waals surface area contributed by atoms with Crippen molar-refractivity contribution in [2.45, 2.75) is 52.5 Å². The van der Waals surface area contributed by atoms with E-state index in [1.54, 1.807) is 0 Å². The van der Waals surface area contributed by atoms with E-state index in [4.69, 9.17) is 0 Å². The van der Waals surface area contributed by atoms with E-state index < -0.39 is 0 Å². The van der Waals surface area contributed by atoms with Crippen LogP contribution in [0.2, 0.25) is 0 Å². The number of nitrogens with one attached hydrogen (secondary N) is 1. The summed E-state index contributed by atoms with van der Waals surface area (Å²) in [4.78, 5) is 2.60. The molecular formula is C18H30N2. The summed E-state index contributed by atoms with van der Waals surface area (Å²) in [5.41, 5.74) is 3.01. The average molecular weight is 274 g/mol. The van der Waals surface area contributed by atoms with Crippen LogP contribution >= 0.6 is 0 Å². The first-order valence-electron chi connectivity index (χ1n) is 8.27. The molecule has 0 amide bonds. The van der Waals surface area contributed by atoms with Gasteiger partial charge in [0.15, 0.2) is 0 Å². The fourth-order valence-corrected chi connectivity index (χ4v) is 3.32. The van der Waals surface area contributed by atoms with E-state index in [1.807, 2.05) is 0 Å². The Hall–Kier alpha value is -1.02. The summed E-state index contributed by atoms with van der Waals surface area (Å²) in [6.07, 6.45) is 5.15. The maximum absolute atomic E-state index is 3.49. The maximum atomic E-state index is 3.49. The van der Waals surface area contributed by atoms with Gasteiger partial charge >= 0.3 is 0 Å². The lowest BCUT2D eigenvalue weighted by atomic mass is 9.93. The monoisotopic (exact) mass is 274 g/mol. The van der Waals surface area contributed by atoms with Crippen LogP contribution in [0.5, 0.6) is 0 Å². The van der Waals surface area contributed by atoms with Crippen molar-refractivity contribution in [1.82, 2.24) is 5.32 Å². The van der Waals surface area contributed by atoms with Crippen molar-refractivity contribution in [3.8, 4) is 0 Å². The van der Waals surface area contributed by atoms with Gasteiger partial charge in [0.25, 0.3) is 0 Å². The second-order valence-electron chi connectivity index (χ2n) is 6.34. The molecule has 1 aromatic rings. The van der Waals surface area contributed by atoms with Gasteiger partial charge in [-0.2, -0.15) is 0 Å². The van der Waals surface area contributed by atoms with Crippen LogP contribution in [0.3, 0.4) is 0 Å². The molecule has 112 valence electrons. The van der Waals surface area contributed by atoms with E-state index >= 15 is 0 Å². The third-order valence-corrected chi connectivity index (χ3v) is 4.30. The number of benzene rings is 1. The molecule has 2 rings (SSSR count). The Morgan fingerprint density at radius 1 is 1.30 bits per heavy atom. The average Bonchev–Trinajstić information content (AvgIpc) is 2.43. The molecule has 1 aliphatic heterocycles. The lowest BCUT2D eigenvalue weighted by Gasteiger charge is -2.35. The van der Waals surface area contributed by atoms with Crippen molar-refractivity contribution >= 4 is 5.69 Å². The molecule has 1 aromatic carbocycles. The molecule has 0 aliphatic carbocycles. The predicted octanol–water partition coefficient (Wildman–Crippen LogP) is 3.85. The topological polar surface area (TPSA) is 15.3 Å². The molecule has 20 heavy (non-hydrogen) atoms. The van der Waals surface area contributed by atoms with Crippen molar-refractivity contribution in [2.24, 2.45) is 5.92 Å². The number of nitrogens with zero attached hydrogens (tertiary/aromatic N) is 1. The van der Waals surface area contributed by atoms with Crippen molar-refractivity contribution in [3.05, 3.63) is 29.8 Å². The summed E-state index contributed by atoms with van der Waals surface area (Å²) in [6.45, 7) is 10.4. The third kappa shape index (κ3) is 4.24. The third-order valence-electron chi connectivity index (χ3n) is 4.30. The summed E-state index contributed by atoms with van der Waals surface area (Å²) in [6, 6.07) is 9.60. The molecule has 2 nitrogen and oxygen atoms in total. The van der Waals surface area contributed by atoms with Crippen LogP contribution in [0.4, 0.5) is 5.69 Å². The highest BCUT2D eigenvalue weighted by Crippen LogP contribution is 2.29. The zero-order valence-electron chi connectivity index (χ0n) is 13.4. The van der Waals surface area contributed by atoms with Gasteiger partial charge in [-0.05, 0) is 50.3 Å². The molecule has 0 saturated heterocycles. The van der Waals surface area contributed by atoms with Crippen LogP contribution in [0, 0.1) is 5.92 Å². The zero-order chi connectivity index (χ0) is 14.4. The van der Waals surface area contributed by atoms with Gasteiger partial charge < -0.3 is 10.2 Å². The molecule has 2 heteroatoms. The Morgan fingerprint density at radius 2 is 2.10 bits per heavy atom. The van der Waals surface area contributed by atoms with Crippen LogP contribution in [0.25, 0.3) is 0 Å². The normalized spacial score (nSPS) is 19.8. The molecule has 0 saturated carbocycles. The molecule has 2 atom stereocenters. The number of anilines is 1. The van der Waals surface area contributed by atoms with E-state index in [1.165, 1.54) is 50.0 Å². The molecule has 0 fully saturated rings. The highest BCUT2D eigenvalue weighted by molar-refractivity contribution is 5.55. The second-order valence-corrected chi connectivity index (χ2v) is 6.34. The molecule has 0 aromatic heterocycles. The van der Waals surface area contributed by atoms with Gasteiger partial charge in [-0.25, -0.2) is 0 Å². The molecule has 1 aliphatic rings. The molecule has 0 bridgehead atoms. The lowest BCUT2D eigenvalue weighted by molar-refractivity contribution is 0.486. The molecule has 0 spiro atoms. The number of rotatable bonds is 7. The Labute approximate surface area is 124 Å². The quantitative estimate of drug-likeness (QED) is 0.760. The minimum Gasteiger partial charge on any atom is -0.371 e. The van der Waals surface area contributed by atoms with Gasteiger partial charge in [-0.1, -0.05) is 38.5 Å². The highest BCUT2D eigenvalue weighted by Gasteiger charge is 2.20. The van der Waals surface area contributed by atoms with Crippen LogP contribution in [0.15, 0.2) is 24.3 Å². The molecule has 2 unspecified atom stereocenters. The number of unbranched alkanes of at least 4 members (excludes halogenated alkanes) is 1. The number of fused-ring (bicyclic) bond motifs is 1. The molecule has 1 heterocycles. The van der Waals surface area contributed by atoms with Gasteiger partial charge in [-0.3, -0.25) is 0 Å². The number of hydrogen-bond acceptors (Lipinski definition) is 2. The highest BCUT2D eigenvalue weighted by atomic mass is 15.1. The van der Waals surface area contributed by atoms with Gasteiger partial charge in [0.2, 0.25) is 0 Å². The molecular weight excluding hydrogens is 244 g/mol. The first-order valence-corrected chi connectivity index (χ1v) is 8.27. The first kappa shape index (κ1) is 15.4. The van der Waals surface area contributed by atoms with Gasteiger partial charge in [0.05, 0.1) is 0 Å². The van der Waals surface area contributed by atoms with Gasteiger partial charge in [0, 0.05) is 24.8 Å². The zero-order valence-corrected chi connectivity index (χ0v) is 13.4. The Morgan fingerprint density at radius 3 is 2.90 bits per heavy atom. The van der Waals surface area contributed by atoms with Gasteiger partial charge in [-0.15, -0.1) is 0 Å². The fraction of sp³-hybridized carbons (Fsp3) is 0.667. The second kappa shape index (κ2) is 7.68. The largest absolute Gasteiger partial charge is 0.371 e. The SMILES string of the molecule is CCNC(C)CCCCN1CC(C)Cc2ccccc21. The minimum absolute atomic E-state index is 0.660. The Balaban J connectivity index is 1.81. The fourth-order valence-electron chi connectivity index (χ4n) is 3.32. The van der Waals surface area contributed by atoms with Crippen molar-refractivity contribution in [1.29, 1.82) is 0 Å². The number of para-hydroxylation sites is 1. The van der Waals surface area contributed by atoms with E-state index in [0.717, 1.165) is 12.5 Å². The van der Waals surface area contributed by atoms with E-state index in [9.17, 15) is 0 Å². The van der Waals surface area contributed by atoms with E-state index in [0.29, 0.717) is 6.04 Å².